The van der Waals surface area contributed by atoms with E-state index in [4.69, 9.17) is 0 Å². The molecule has 0 N–H and O–H groups in total. The van der Waals surface area contributed by atoms with Gasteiger partial charge in [0.2, 0.25) is 0 Å². The van der Waals surface area contributed by atoms with Crippen molar-refractivity contribution in [3.63, 3.8) is 0 Å². The Morgan fingerprint density at radius 1 is 0.268 bits per heavy atom. The zero-order valence-corrected chi connectivity index (χ0v) is 39.6. The van der Waals surface area contributed by atoms with Crippen LogP contribution in [0.1, 0.15) is 47.2 Å². The Morgan fingerprint density at radius 2 is 0.732 bits per heavy atom. The maximum absolute atomic E-state index is 2.54. The molecule has 0 aliphatic heterocycles. The first-order chi connectivity index (χ1) is 35.0. The van der Waals surface area contributed by atoms with Crippen LogP contribution in [0.2, 0.25) is 0 Å². The Balaban J connectivity index is 0.934. The van der Waals surface area contributed by atoms with E-state index >= 15 is 0 Å². The summed E-state index contributed by atoms with van der Waals surface area (Å²) in [5, 5.41) is 7.78. The highest BCUT2D eigenvalue weighted by molar-refractivity contribution is 6.26. The molecule has 0 heterocycles. The maximum atomic E-state index is 2.54. The molecule has 0 bridgehead atoms. The first-order valence-electron chi connectivity index (χ1n) is 25.0. The summed E-state index contributed by atoms with van der Waals surface area (Å²) in [7, 11) is 0. The average Bonchev–Trinajstić information content (AvgIpc) is 4.00. The van der Waals surface area contributed by atoms with E-state index in [1.807, 2.05) is 0 Å². The predicted molar refractivity (Wildman–Crippen MR) is 298 cm³/mol. The molecule has 3 aliphatic carbocycles. The van der Waals surface area contributed by atoms with E-state index < -0.39 is 5.41 Å². The third kappa shape index (κ3) is 5.46. The number of hydrogen-bond donors (Lipinski definition) is 0. The fourth-order valence-electron chi connectivity index (χ4n) is 13.4. The Morgan fingerprint density at radius 3 is 1.39 bits per heavy atom. The van der Waals surface area contributed by atoms with Crippen LogP contribution in [0.5, 0.6) is 0 Å². The van der Waals surface area contributed by atoms with Crippen LogP contribution in [-0.2, 0) is 10.8 Å². The highest BCUT2D eigenvalue weighted by Crippen LogP contribution is 2.65. The summed E-state index contributed by atoms with van der Waals surface area (Å²) >= 11 is 0. The van der Waals surface area contributed by atoms with Crippen LogP contribution in [0.15, 0.2) is 249 Å². The fourth-order valence-corrected chi connectivity index (χ4v) is 13.4. The maximum Gasteiger partial charge on any atom is 0.0746 e. The van der Waals surface area contributed by atoms with Crippen LogP contribution in [0, 0.1) is 0 Å². The van der Waals surface area contributed by atoms with Crippen LogP contribution in [-0.4, -0.2) is 0 Å². The molecule has 12 aromatic rings. The molecule has 0 atom stereocenters. The van der Waals surface area contributed by atoms with Crippen LogP contribution in [0.4, 0.5) is 17.1 Å². The summed E-state index contributed by atoms with van der Waals surface area (Å²) in [5.74, 6) is 0. The zero-order chi connectivity index (χ0) is 47.0. The van der Waals surface area contributed by atoms with Crippen molar-refractivity contribution in [1.82, 2.24) is 0 Å². The molecule has 0 saturated carbocycles. The van der Waals surface area contributed by atoms with Gasteiger partial charge >= 0.3 is 0 Å². The molecule has 1 nitrogen and oxygen atoms in total. The lowest BCUT2D eigenvalue weighted by Gasteiger charge is -2.36. The van der Waals surface area contributed by atoms with Gasteiger partial charge in [-0.3, -0.25) is 0 Å². The monoisotopic (exact) mass is 901 g/mol. The second-order valence-corrected chi connectivity index (χ2v) is 20.3. The van der Waals surface area contributed by atoms with Crippen molar-refractivity contribution in [1.29, 1.82) is 0 Å². The molecular weight excluding hydrogens is 855 g/mol. The third-order valence-corrected chi connectivity index (χ3v) is 16.5. The Kier molecular flexibility index (Phi) is 8.40. The third-order valence-electron chi connectivity index (χ3n) is 16.5. The van der Waals surface area contributed by atoms with Gasteiger partial charge in [0, 0.05) is 22.2 Å². The number of fused-ring (bicyclic) bond motifs is 19. The molecule has 15 rings (SSSR count). The number of para-hydroxylation sites is 1. The molecule has 0 fully saturated rings. The summed E-state index contributed by atoms with van der Waals surface area (Å²) in [5.41, 5.74) is 23.6. The van der Waals surface area contributed by atoms with Gasteiger partial charge in [-0.15, -0.1) is 0 Å². The average molecular weight is 902 g/mol. The number of nitrogens with zero attached hydrogens (tertiary/aromatic N) is 1. The summed E-state index contributed by atoms with van der Waals surface area (Å²) in [4.78, 5) is 2.54. The largest absolute Gasteiger partial charge is 0.310 e. The molecule has 1 spiro atoms. The number of anilines is 3. The van der Waals surface area contributed by atoms with E-state index in [1.165, 1.54) is 127 Å². The lowest BCUT2D eigenvalue weighted by molar-refractivity contribution is 0.661. The Hall–Kier alpha value is -8.78. The first-order valence-corrected chi connectivity index (χ1v) is 25.0. The number of benzene rings is 12. The van der Waals surface area contributed by atoms with Crippen molar-refractivity contribution < 1.29 is 0 Å². The molecule has 12 aromatic carbocycles. The Bertz CT molecular complexity index is 4130. The van der Waals surface area contributed by atoms with E-state index in [2.05, 4.69) is 267 Å². The van der Waals surface area contributed by atoms with Crippen molar-refractivity contribution in [3.05, 3.63) is 282 Å². The summed E-state index contributed by atoms with van der Waals surface area (Å²) in [6.45, 7) is 4.76. The van der Waals surface area contributed by atoms with E-state index in [0.717, 1.165) is 11.4 Å². The van der Waals surface area contributed by atoms with E-state index in [-0.39, 0.29) is 5.41 Å². The van der Waals surface area contributed by atoms with E-state index in [0.29, 0.717) is 0 Å². The fraction of sp³-hybridized carbons (Fsp3) is 0.0571. The molecule has 332 valence electrons. The minimum absolute atomic E-state index is 0.0776. The molecule has 0 amide bonds. The van der Waals surface area contributed by atoms with Crippen molar-refractivity contribution in [2.24, 2.45) is 0 Å². The van der Waals surface area contributed by atoms with Gasteiger partial charge in [-0.1, -0.05) is 220 Å². The first kappa shape index (κ1) is 40.1. The van der Waals surface area contributed by atoms with Crippen LogP contribution >= 0.6 is 0 Å². The van der Waals surface area contributed by atoms with Crippen LogP contribution in [0.3, 0.4) is 0 Å². The van der Waals surface area contributed by atoms with Gasteiger partial charge in [0.1, 0.15) is 0 Å². The predicted octanol–water partition coefficient (Wildman–Crippen LogP) is 18.6. The van der Waals surface area contributed by atoms with Gasteiger partial charge in [0.15, 0.2) is 0 Å². The molecular formula is C70H47N. The minimum atomic E-state index is -0.520. The molecule has 0 unspecified atom stereocenters. The molecule has 0 aromatic heterocycles. The molecule has 1 heteroatoms. The van der Waals surface area contributed by atoms with E-state index in [1.54, 1.807) is 0 Å². The quantitative estimate of drug-likeness (QED) is 0.156. The lowest BCUT2D eigenvalue weighted by atomic mass is 9.70. The number of rotatable bonds is 5. The molecule has 0 saturated heterocycles. The molecule has 71 heavy (non-hydrogen) atoms. The van der Waals surface area contributed by atoms with Gasteiger partial charge in [-0.05, 0) is 153 Å². The second-order valence-electron chi connectivity index (χ2n) is 20.3. The van der Waals surface area contributed by atoms with Crippen molar-refractivity contribution in [3.8, 4) is 55.6 Å². The Labute approximate surface area is 414 Å². The van der Waals surface area contributed by atoms with Gasteiger partial charge in [-0.2, -0.15) is 0 Å². The summed E-state index contributed by atoms with van der Waals surface area (Å²) in [6, 6.07) is 93.5. The van der Waals surface area contributed by atoms with Gasteiger partial charge in [0.25, 0.3) is 0 Å². The molecule has 3 aliphatic rings. The summed E-state index contributed by atoms with van der Waals surface area (Å²) in [6.07, 6.45) is 0. The number of hydrogen-bond acceptors (Lipinski definition) is 1. The normalized spacial score (nSPS) is 14.0. The van der Waals surface area contributed by atoms with E-state index in [9.17, 15) is 0 Å². The highest BCUT2D eigenvalue weighted by Gasteiger charge is 2.53. The van der Waals surface area contributed by atoms with Gasteiger partial charge < -0.3 is 4.90 Å². The topological polar surface area (TPSA) is 3.24 Å². The van der Waals surface area contributed by atoms with Gasteiger partial charge in [-0.25, -0.2) is 0 Å². The van der Waals surface area contributed by atoms with Crippen LogP contribution < -0.4 is 4.90 Å². The lowest BCUT2D eigenvalue weighted by Crippen LogP contribution is -2.28. The van der Waals surface area contributed by atoms with Crippen LogP contribution in [0.25, 0.3) is 88.0 Å². The smallest absolute Gasteiger partial charge is 0.0746 e. The van der Waals surface area contributed by atoms with Crippen molar-refractivity contribution >= 4 is 49.4 Å². The highest BCUT2D eigenvalue weighted by atomic mass is 15.1. The molecule has 0 radical (unpaired) electrons. The zero-order valence-electron chi connectivity index (χ0n) is 39.6. The summed E-state index contributed by atoms with van der Waals surface area (Å²) < 4.78 is 0. The van der Waals surface area contributed by atoms with Crippen molar-refractivity contribution in [2.75, 3.05) is 4.90 Å². The van der Waals surface area contributed by atoms with Crippen molar-refractivity contribution in [2.45, 2.75) is 24.7 Å². The second kappa shape index (κ2) is 14.9. The SMILES string of the molecule is CC1(C)c2ccccc2-c2cc3c4ccccc4c4cc(-c5ccc(N(c6ccccc6-c6ccccc6)c6cccc7c6C6(c8ccccc8-c8ccccc86)c6ccccc6-7)cc5)ccc4c3cc21. The standard InChI is InChI=1S/C70H47N/c1-69(2)61-29-13-8-27-55(61)60-42-58-50-23-7-6-22-49(50)57-41-46(37-40-51(57)59(58)43-65(60)69)44-35-38-47(39-36-44)71(66-33-17-12-21-48(66)45-19-4-3-5-20-45)67-34-18-28-56-54-26-11-16-32-64(54)70(68(56)67)62-30-14-9-24-52(62)53-25-10-15-31-63(53)70/h3-43H,1-2H3. The minimum Gasteiger partial charge on any atom is -0.310 e. The van der Waals surface area contributed by atoms with Gasteiger partial charge in [0.05, 0.1) is 16.8 Å².